The number of ether oxygens (including phenoxy) is 2. The Morgan fingerprint density at radius 3 is 2.60 bits per heavy atom. The molecule has 1 aliphatic rings. The maximum absolute atomic E-state index is 15.3. The molecular formula is C26H25F2N7O6S2. The largest absolute Gasteiger partial charge is 0.490 e. The third-order valence-corrected chi connectivity index (χ3v) is 8.94. The smallest absolute Gasteiger partial charge is 0.305 e. The fourth-order valence-corrected chi connectivity index (χ4v) is 6.41. The molecule has 1 saturated heterocycles. The van der Waals surface area contributed by atoms with Gasteiger partial charge in [0.15, 0.2) is 32.4 Å². The number of aromatic nitrogens is 4. The van der Waals surface area contributed by atoms with E-state index in [9.17, 15) is 22.9 Å². The van der Waals surface area contributed by atoms with E-state index in [0.717, 1.165) is 35.7 Å². The highest BCUT2D eigenvalue weighted by molar-refractivity contribution is 7.99. The van der Waals surface area contributed by atoms with Gasteiger partial charge in [-0.15, -0.1) is 0 Å². The van der Waals surface area contributed by atoms with Gasteiger partial charge in [0.1, 0.15) is 5.82 Å². The predicted octanol–water partition coefficient (Wildman–Crippen LogP) is 4.41. The standard InChI is InChI=1S/C26H25F2N7O6S2/c1-15-12-21(33-32-15)29-24-23(40-2)25(34-8-10-41-11-9-34)31-26(30-24)42-20-7-6-17(13-18(20)27)43(38,39)14-16-4-3-5-19(22(16)28)35(36)37/h3-7,12-13H,8-11,14H2,1-2H3,(H2,29,30,31,32,33). The average molecular weight is 634 g/mol. The summed E-state index contributed by atoms with van der Waals surface area (Å²) in [6.45, 7) is 3.85. The van der Waals surface area contributed by atoms with E-state index in [0.29, 0.717) is 43.7 Å². The number of nitro benzene ring substituents is 1. The Hall–Kier alpha value is -4.35. The molecule has 1 aliphatic heterocycles. The molecule has 0 amide bonds. The molecule has 2 N–H and O–H groups in total. The Bertz CT molecular complexity index is 1780. The van der Waals surface area contributed by atoms with Crippen molar-refractivity contribution in [1.29, 1.82) is 0 Å². The SMILES string of the molecule is COc1c(Nc2cc(C)[nH]n2)nc(Sc2ccc(S(=O)(=O)Cc3cccc([N+](=O)[O-])c3F)cc2F)nc1N1CCOCC1. The summed E-state index contributed by atoms with van der Waals surface area (Å²) in [5.74, 6) is -1.47. The number of hydrogen-bond acceptors (Lipinski definition) is 12. The Labute approximate surface area is 248 Å². The molecule has 5 rings (SSSR count). The number of aryl methyl sites for hydroxylation is 1. The van der Waals surface area contributed by atoms with Crippen LogP contribution in [0, 0.1) is 28.7 Å². The summed E-state index contributed by atoms with van der Waals surface area (Å²) in [4.78, 5) is 20.8. The highest BCUT2D eigenvalue weighted by atomic mass is 32.2. The van der Waals surface area contributed by atoms with Crippen molar-refractivity contribution in [2.45, 2.75) is 27.6 Å². The number of H-pyrrole nitrogens is 1. The van der Waals surface area contributed by atoms with Crippen molar-refractivity contribution in [3.05, 3.63) is 75.5 Å². The van der Waals surface area contributed by atoms with E-state index >= 15 is 4.39 Å². The first-order valence-electron chi connectivity index (χ1n) is 12.8. The Balaban J connectivity index is 1.45. The monoisotopic (exact) mass is 633 g/mol. The summed E-state index contributed by atoms with van der Waals surface area (Å²) in [6, 6.07) is 8.24. The number of aromatic amines is 1. The molecule has 2 aromatic heterocycles. The van der Waals surface area contributed by atoms with Gasteiger partial charge in [0.05, 0.1) is 40.8 Å². The van der Waals surface area contributed by atoms with Crippen LogP contribution in [0.5, 0.6) is 5.75 Å². The van der Waals surface area contributed by atoms with E-state index in [1.807, 2.05) is 11.8 Å². The lowest BCUT2D eigenvalue weighted by Crippen LogP contribution is -2.37. The number of rotatable bonds is 10. The molecule has 226 valence electrons. The molecule has 0 saturated carbocycles. The zero-order valence-corrected chi connectivity index (χ0v) is 24.5. The van der Waals surface area contributed by atoms with E-state index in [1.54, 1.807) is 6.07 Å². The van der Waals surface area contributed by atoms with Gasteiger partial charge in [0, 0.05) is 36.5 Å². The molecule has 4 aromatic rings. The Morgan fingerprint density at radius 1 is 1.19 bits per heavy atom. The van der Waals surface area contributed by atoms with Gasteiger partial charge in [0.2, 0.25) is 11.6 Å². The predicted molar refractivity (Wildman–Crippen MR) is 153 cm³/mol. The normalized spacial score (nSPS) is 13.6. The van der Waals surface area contributed by atoms with Crippen molar-refractivity contribution in [2.75, 3.05) is 43.6 Å². The van der Waals surface area contributed by atoms with Gasteiger partial charge >= 0.3 is 5.69 Å². The molecular weight excluding hydrogens is 608 g/mol. The maximum atomic E-state index is 15.3. The second kappa shape index (κ2) is 12.5. The first kappa shape index (κ1) is 30.1. The minimum Gasteiger partial charge on any atom is -0.490 e. The van der Waals surface area contributed by atoms with Gasteiger partial charge in [-0.1, -0.05) is 12.1 Å². The van der Waals surface area contributed by atoms with E-state index in [-0.39, 0.29) is 15.9 Å². The first-order chi connectivity index (χ1) is 20.6. The summed E-state index contributed by atoms with van der Waals surface area (Å²) < 4.78 is 66.9. The molecule has 0 bridgehead atoms. The molecule has 0 atom stereocenters. The number of hydrogen-bond donors (Lipinski definition) is 2. The number of sulfone groups is 1. The van der Waals surface area contributed by atoms with Gasteiger partial charge < -0.3 is 19.7 Å². The van der Waals surface area contributed by atoms with Crippen molar-refractivity contribution in [3.63, 3.8) is 0 Å². The molecule has 0 aliphatic carbocycles. The summed E-state index contributed by atoms with van der Waals surface area (Å²) >= 11 is 0.864. The Kier molecular flexibility index (Phi) is 8.74. The van der Waals surface area contributed by atoms with Crippen LogP contribution < -0.4 is 15.0 Å². The van der Waals surface area contributed by atoms with Crippen LogP contribution in [0.2, 0.25) is 0 Å². The molecule has 3 heterocycles. The van der Waals surface area contributed by atoms with Crippen molar-refractivity contribution < 1.29 is 31.6 Å². The fraction of sp³-hybridized carbons (Fsp3) is 0.269. The van der Waals surface area contributed by atoms with Gasteiger partial charge in [-0.3, -0.25) is 15.2 Å². The van der Waals surface area contributed by atoms with E-state index < -0.39 is 48.3 Å². The lowest BCUT2D eigenvalue weighted by Gasteiger charge is -2.29. The quantitative estimate of drug-likeness (QED) is 0.144. The van der Waals surface area contributed by atoms with Crippen molar-refractivity contribution in [2.24, 2.45) is 0 Å². The van der Waals surface area contributed by atoms with Gasteiger partial charge in [0.25, 0.3) is 0 Å². The number of nitrogens with one attached hydrogen (secondary N) is 2. The van der Waals surface area contributed by atoms with Gasteiger partial charge in [-0.2, -0.15) is 9.49 Å². The van der Waals surface area contributed by atoms with E-state index in [1.165, 1.54) is 25.3 Å². The zero-order chi connectivity index (χ0) is 30.7. The van der Waals surface area contributed by atoms with Crippen molar-refractivity contribution in [3.8, 4) is 5.75 Å². The van der Waals surface area contributed by atoms with Crippen molar-refractivity contribution in [1.82, 2.24) is 20.2 Å². The molecule has 0 radical (unpaired) electrons. The highest BCUT2D eigenvalue weighted by Crippen LogP contribution is 2.39. The highest BCUT2D eigenvalue weighted by Gasteiger charge is 2.26. The third-order valence-electron chi connectivity index (χ3n) is 6.36. The van der Waals surface area contributed by atoms with Crippen LogP contribution in [0.3, 0.4) is 0 Å². The van der Waals surface area contributed by atoms with Crippen LogP contribution in [-0.4, -0.2) is 66.9 Å². The van der Waals surface area contributed by atoms with Crippen LogP contribution in [0.25, 0.3) is 0 Å². The average Bonchev–Trinajstić information content (AvgIpc) is 3.39. The van der Waals surface area contributed by atoms with Gasteiger partial charge in [-0.25, -0.2) is 22.8 Å². The lowest BCUT2D eigenvalue weighted by atomic mass is 10.2. The zero-order valence-electron chi connectivity index (χ0n) is 22.8. The van der Waals surface area contributed by atoms with E-state index in [4.69, 9.17) is 9.47 Å². The second-order valence-corrected chi connectivity index (χ2v) is 12.3. The second-order valence-electron chi connectivity index (χ2n) is 9.33. The minimum absolute atomic E-state index is 0.0279. The summed E-state index contributed by atoms with van der Waals surface area (Å²) in [7, 11) is -2.78. The molecule has 1 fully saturated rings. The molecule has 17 heteroatoms. The molecule has 2 aromatic carbocycles. The van der Waals surface area contributed by atoms with Crippen LogP contribution in [-0.2, 0) is 20.3 Å². The summed E-state index contributed by atoms with van der Waals surface area (Å²) in [5, 5.41) is 21.3. The number of anilines is 3. The number of nitro groups is 1. The molecule has 0 unspecified atom stereocenters. The molecule has 43 heavy (non-hydrogen) atoms. The van der Waals surface area contributed by atoms with Crippen LogP contribution in [0.1, 0.15) is 11.3 Å². The number of morpholine rings is 1. The minimum atomic E-state index is -4.26. The molecule has 13 nitrogen and oxygen atoms in total. The van der Waals surface area contributed by atoms with Gasteiger partial charge in [-0.05, 0) is 36.9 Å². The van der Waals surface area contributed by atoms with Crippen molar-refractivity contribution >= 4 is 44.7 Å². The number of methoxy groups -OCH3 is 1. The Morgan fingerprint density at radius 2 is 1.95 bits per heavy atom. The fourth-order valence-electron chi connectivity index (χ4n) is 4.29. The first-order valence-corrected chi connectivity index (χ1v) is 15.2. The maximum Gasteiger partial charge on any atom is 0.305 e. The van der Waals surface area contributed by atoms with Crippen LogP contribution >= 0.6 is 11.8 Å². The number of nitrogens with zero attached hydrogens (tertiary/aromatic N) is 5. The summed E-state index contributed by atoms with van der Waals surface area (Å²) in [5.41, 5.74) is -0.441. The third kappa shape index (κ3) is 6.68. The lowest BCUT2D eigenvalue weighted by molar-refractivity contribution is -0.387. The topological polar surface area (TPSA) is 165 Å². The van der Waals surface area contributed by atoms with E-state index in [2.05, 4.69) is 25.5 Å². The van der Waals surface area contributed by atoms with Crippen LogP contribution in [0.4, 0.5) is 31.9 Å². The summed E-state index contributed by atoms with van der Waals surface area (Å²) in [6.07, 6.45) is 0. The van der Waals surface area contributed by atoms with Crippen LogP contribution in [0.15, 0.2) is 57.4 Å². The number of benzene rings is 2. The number of halogens is 2. The molecule has 0 spiro atoms.